The van der Waals surface area contributed by atoms with Gasteiger partial charge in [0, 0.05) is 6.54 Å². The van der Waals surface area contributed by atoms with Crippen LogP contribution in [0, 0.1) is 0 Å². The van der Waals surface area contributed by atoms with Crippen molar-refractivity contribution in [1.29, 1.82) is 0 Å². The van der Waals surface area contributed by atoms with E-state index in [2.05, 4.69) is 0 Å². The minimum Gasteiger partial charge on any atom is -0.495 e. The van der Waals surface area contributed by atoms with Crippen molar-refractivity contribution in [2.24, 2.45) is 5.73 Å². The van der Waals surface area contributed by atoms with E-state index in [0.717, 1.165) is 12.0 Å². The molecule has 5 nitrogen and oxygen atoms in total. The first-order valence-electron chi connectivity index (χ1n) is 7.55. The molecule has 0 radical (unpaired) electrons. The molecule has 2 aromatic carbocycles. The zero-order valence-corrected chi connectivity index (χ0v) is 13.8. The van der Waals surface area contributed by atoms with Gasteiger partial charge >= 0.3 is 0 Å². The molecule has 3 rings (SSSR count). The molecule has 0 amide bonds. The second kappa shape index (κ2) is 6.22. The first-order valence-corrected chi connectivity index (χ1v) is 8.99. The largest absolute Gasteiger partial charge is 0.495 e. The van der Waals surface area contributed by atoms with E-state index < -0.39 is 10.0 Å². The molecule has 2 aromatic rings. The molecule has 0 saturated carbocycles. The molecular formula is C17H20N2O3S. The van der Waals surface area contributed by atoms with Crippen LogP contribution in [0.1, 0.15) is 12.0 Å². The fraction of sp³-hybridized carbons (Fsp3) is 0.294. The molecule has 0 bridgehead atoms. The van der Waals surface area contributed by atoms with Crippen LogP contribution in [0.3, 0.4) is 0 Å². The normalized spacial score (nSPS) is 17.7. The van der Waals surface area contributed by atoms with E-state index >= 15 is 0 Å². The second-order valence-corrected chi connectivity index (χ2v) is 7.29. The number of hydrogen-bond acceptors (Lipinski definition) is 4. The first-order chi connectivity index (χ1) is 11.1. The van der Waals surface area contributed by atoms with Crippen LogP contribution in [0.2, 0.25) is 0 Å². The molecule has 1 aliphatic heterocycles. The van der Waals surface area contributed by atoms with Crippen LogP contribution in [-0.2, 0) is 16.4 Å². The number of hydrogen-bond donors (Lipinski definition) is 1. The Labute approximate surface area is 136 Å². The lowest BCUT2D eigenvalue weighted by molar-refractivity contribution is 0.402. The number of aryl methyl sites for hydroxylation is 1. The van der Waals surface area contributed by atoms with E-state index in [-0.39, 0.29) is 17.5 Å². The summed E-state index contributed by atoms with van der Waals surface area (Å²) in [6, 6.07) is 14.0. The van der Waals surface area contributed by atoms with E-state index in [1.54, 1.807) is 24.3 Å². The van der Waals surface area contributed by atoms with Gasteiger partial charge in [0.15, 0.2) is 0 Å². The number of benzene rings is 2. The van der Waals surface area contributed by atoms with E-state index in [0.29, 0.717) is 17.9 Å². The molecule has 0 spiro atoms. The minimum absolute atomic E-state index is 0.164. The first kappa shape index (κ1) is 15.8. The van der Waals surface area contributed by atoms with Crippen LogP contribution in [-0.4, -0.2) is 28.1 Å². The van der Waals surface area contributed by atoms with Crippen molar-refractivity contribution in [2.45, 2.75) is 23.8 Å². The Morgan fingerprint density at radius 2 is 1.87 bits per heavy atom. The zero-order chi connectivity index (χ0) is 16.4. The van der Waals surface area contributed by atoms with E-state index in [1.807, 2.05) is 24.3 Å². The Morgan fingerprint density at radius 1 is 1.17 bits per heavy atom. The Balaban J connectivity index is 2.18. The molecule has 0 aliphatic carbocycles. The molecule has 1 heterocycles. The summed E-state index contributed by atoms with van der Waals surface area (Å²) in [7, 11) is -2.28. The van der Waals surface area contributed by atoms with Gasteiger partial charge in [-0.3, -0.25) is 4.31 Å². The Hall–Kier alpha value is -2.05. The summed E-state index contributed by atoms with van der Waals surface area (Å²) in [4.78, 5) is 0.164. The van der Waals surface area contributed by atoms with Crippen LogP contribution < -0.4 is 14.8 Å². The molecule has 0 fully saturated rings. The van der Waals surface area contributed by atoms with E-state index in [4.69, 9.17) is 10.5 Å². The number of nitrogens with two attached hydrogens (primary N) is 1. The number of rotatable bonds is 4. The highest BCUT2D eigenvalue weighted by atomic mass is 32.2. The van der Waals surface area contributed by atoms with Gasteiger partial charge in [0.1, 0.15) is 10.6 Å². The van der Waals surface area contributed by atoms with Gasteiger partial charge in [0.25, 0.3) is 10.0 Å². The number of sulfonamides is 1. The Kier molecular flexibility index (Phi) is 4.28. The topological polar surface area (TPSA) is 72.6 Å². The monoisotopic (exact) mass is 332 g/mol. The minimum atomic E-state index is -3.75. The Bertz CT molecular complexity index is 805. The molecule has 1 atom stereocenters. The van der Waals surface area contributed by atoms with Gasteiger partial charge in [0.05, 0.1) is 18.8 Å². The summed E-state index contributed by atoms with van der Waals surface area (Å²) in [5.74, 6) is 0.339. The third kappa shape index (κ3) is 2.68. The van der Waals surface area contributed by atoms with E-state index in [1.165, 1.54) is 11.4 Å². The molecule has 0 saturated heterocycles. The fourth-order valence-electron chi connectivity index (χ4n) is 3.05. The van der Waals surface area contributed by atoms with Crippen LogP contribution >= 0.6 is 0 Å². The smallest absolute Gasteiger partial charge is 0.268 e. The summed E-state index contributed by atoms with van der Waals surface area (Å²) < 4.78 is 33.3. The highest BCUT2D eigenvalue weighted by molar-refractivity contribution is 7.93. The summed E-state index contributed by atoms with van der Waals surface area (Å²) in [6.07, 6.45) is 1.54. The predicted octanol–water partition coefficient (Wildman–Crippen LogP) is 2.16. The number of para-hydroxylation sites is 2. The van der Waals surface area contributed by atoms with Crippen molar-refractivity contribution >= 4 is 15.7 Å². The Morgan fingerprint density at radius 3 is 2.61 bits per heavy atom. The number of anilines is 1. The highest BCUT2D eigenvalue weighted by Gasteiger charge is 2.36. The van der Waals surface area contributed by atoms with Gasteiger partial charge in [-0.05, 0) is 36.6 Å². The van der Waals surface area contributed by atoms with Crippen LogP contribution in [0.25, 0.3) is 0 Å². The molecule has 122 valence electrons. The predicted molar refractivity (Wildman–Crippen MR) is 90.3 cm³/mol. The SMILES string of the molecule is COc1ccccc1S(=O)(=O)N1c2ccccc2CCC1CN. The molecule has 1 unspecified atom stereocenters. The number of ether oxygens (including phenoxy) is 1. The average molecular weight is 332 g/mol. The standard InChI is InChI=1S/C17H20N2O3S/c1-22-16-8-4-5-9-17(16)23(20,21)19-14(12-18)11-10-13-6-2-3-7-15(13)19/h2-9,14H,10-12,18H2,1H3. The lowest BCUT2D eigenvalue weighted by Crippen LogP contribution is -2.47. The van der Waals surface area contributed by atoms with Crippen molar-refractivity contribution < 1.29 is 13.2 Å². The summed E-state index contributed by atoms with van der Waals surface area (Å²) in [5, 5.41) is 0. The number of methoxy groups -OCH3 is 1. The van der Waals surface area contributed by atoms with Gasteiger partial charge in [0.2, 0.25) is 0 Å². The van der Waals surface area contributed by atoms with Gasteiger partial charge < -0.3 is 10.5 Å². The molecule has 23 heavy (non-hydrogen) atoms. The van der Waals surface area contributed by atoms with Crippen molar-refractivity contribution in [3.63, 3.8) is 0 Å². The maximum absolute atomic E-state index is 13.3. The average Bonchev–Trinajstić information content (AvgIpc) is 2.60. The van der Waals surface area contributed by atoms with Crippen molar-refractivity contribution in [3.05, 3.63) is 54.1 Å². The quantitative estimate of drug-likeness (QED) is 0.931. The maximum atomic E-state index is 13.3. The van der Waals surface area contributed by atoms with Crippen LogP contribution in [0.15, 0.2) is 53.4 Å². The molecule has 0 aromatic heterocycles. The van der Waals surface area contributed by atoms with Gasteiger partial charge in [-0.25, -0.2) is 8.42 Å². The van der Waals surface area contributed by atoms with Crippen molar-refractivity contribution in [2.75, 3.05) is 18.0 Å². The van der Waals surface area contributed by atoms with Crippen LogP contribution in [0.5, 0.6) is 5.75 Å². The highest BCUT2D eigenvalue weighted by Crippen LogP contribution is 2.37. The lowest BCUT2D eigenvalue weighted by Gasteiger charge is -2.37. The van der Waals surface area contributed by atoms with Crippen LogP contribution in [0.4, 0.5) is 5.69 Å². The molecular weight excluding hydrogens is 312 g/mol. The number of nitrogens with zero attached hydrogens (tertiary/aromatic N) is 1. The van der Waals surface area contributed by atoms with Gasteiger partial charge in [-0.15, -0.1) is 0 Å². The van der Waals surface area contributed by atoms with E-state index in [9.17, 15) is 8.42 Å². The fourth-order valence-corrected chi connectivity index (χ4v) is 4.94. The lowest BCUT2D eigenvalue weighted by atomic mass is 9.98. The third-order valence-electron chi connectivity index (χ3n) is 4.19. The van der Waals surface area contributed by atoms with Gasteiger partial charge in [-0.2, -0.15) is 0 Å². The van der Waals surface area contributed by atoms with Crippen molar-refractivity contribution in [1.82, 2.24) is 0 Å². The molecule has 2 N–H and O–H groups in total. The van der Waals surface area contributed by atoms with Gasteiger partial charge in [-0.1, -0.05) is 30.3 Å². The zero-order valence-electron chi connectivity index (χ0n) is 13.0. The second-order valence-electron chi connectivity index (χ2n) is 5.51. The molecule has 6 heteroatoms. The van der Waals surface area contributed by atoms with Crippen molar-refractivity contribution in [3.8, 4) is 5.75 Å². The molecule has 1 aliphatic rings. The number of fused-ring (bicyclic) bond motifs is 1. The third-order valence-corrected chi connectivity index (χ3v) is 6.09. The summed E-state index contributed by atoms with van der Waals surface area (Å²) >= 11 is 0. The summed E-state index contributed by atoms with van der Waals surface area (Å²) in [5.41, 5.74) is 7.59. The summed E-state index contributed by atoms with van der Waals surface area (Å²) in [6.45, 7) is 0.280. The maximum Gasteiger partial charge on any atom is 0.268 e.